The Morgan fingerprint density at radius 2 is 1.89 bits per heavy atom. The number of carbonyl (C=O) groups excluding carboxylic acids is 1. The third-order valence-corrected chi connectivity index (χ3v) is 8.94. The second-order valence-corrected chi connectivity index (χ2v) is 11.8. The van der Waals surface area contributed by atoms with Crippen molar-refractivity contribution in [2.75, 3.05) is 31.1 Å². The highest BCUT2D eigenvalue weighted by Gasteiger charge is 2.52. The summed E-state index contributed by atoms with van der Waals surface area (Å²) in [5, 5.41) is 4.20. The number of halogens is 1. The Morgan fingerprint density at radius 1 is 1.11 bits per heavy atom. The second kappa shape index (κ2) is 8.75. The van der Waals surface area contributed by atoms with Crippen LogP contribution in [0.5, 0.6) is 0 Å². The number of carbonyl (C=O) groups is 1. The highest BCUT2D eigenvalue weighted by atomic mass is 32.1. The van der Waals surface area contributed by atoms with Crippen LogP contribution in [0.2, 0.25) is 0 Å². The largest absolute Gasteiger partial charge is 0.342 e. The summed E-state index contributed by atoms with van der Waals surface area (Å²) in [5.74, 6) is -0.237. The van der Waals surface area contributed by atoms with E-state index in [2.05, 4.69) is 59.3 Å². The number of hydrogen-bond donors (Lipinski definition) is 1. The number of nitrogens with zero attached hydrogens (tertiary/aromatic N) is 4. The molecule has 0 bridgehead atoms. The van der Waals surface area contributed by atoms with E-state index in [1.807, 2.05) is 4.90 Å². The van der Waals surface area contributed by atoms with Crippen molar-refractivity contribution in [3.8, 4) is 0 Å². The van der Waals surface area contributed by atoms with Crippen LogP contribution in [0.15, 0.2) is 48.5 Å². The molecule has 0 radical (unpaired) electrons. The molecule has 35 heavy (non-hydrogen) atoms. The number of likely N-dealkylation sites (tertiary alicyclic amines) is 1. The number of nitrogens with one attached hydrogen (secondary N) is 1. The molecule has 3 heterocycles. The fourth-order valence-corrected chi connectivity index (χ4v) is 7.25. The van der Waals surface area contributed by atoms with Gasteiger partial charge in [0.1, 0.15) is 5.82 Å². The first-order valence-electron chi connectivity index (χ1n) is 12.5. The smallest absolute Gasteiger partial charge is 0.317 e. The van der Waals surface area contributed by atoms with Crippen molar-refractivity contribution in [3.05, 3.63) is 59.9 Å². The van der Waals surface area contributed by atoms with E-state index < -0.39 is 0 Å². The summed E-state index contributed by atoms with van der Waals surface area (Å²) < 4.78 is 14.5. The molecule has 184 valence electrons. The Bertz CT molecular complexity index is 1220. The van der Waals surface area contributed by atoms with Gasteiger partial charge in [0, 0.05) is 50.8 Å². The lowest BCUT2D eigenvalue weighted by atomic mass is 9.60. The molecule has 1 aliphatic carbocycles. The number of piperazine rings is 1. The molecule has 3 aromatic rings. The van der Waals surface area contributed by atoms with Gasteiger partial charge in [0.2, 0.25) is 0 Å². The maximum atomic E-state index is 13.6. The van der Waals surface area contributed by atoms with E-state index in [1.54, 1.807) is 12.1 Å². The number of fused-ring (bicyclic) bond motifs is 1. The predicted octanol–water partition coefficient (Wildman–Crippen LogP) is 4.71. The maximum absolute atomic E-state index is 13.6. The highest BCUT2D eigenvalue weighted by Crippen LogP contribution is 2.48. The molecule has 1 spiro atoms. The van der Waals surface area contributed by atoms with Crippen LogP contribution < -0.4 is 10.2 Å². The van der Waals surface area contributed by atoms with Gasteiger partial charge in [-0.2, -0.15) is 0 Å². The lowest BCUT2D eigenvalue weighted by Gasteiger charge is -2.59. The van der Waals surface area contributed by atoms with Gasteiger partial charge in [-0.1, -0.05) is 41.7 Å². The van der Waals surface area contributed by atoms with Crippen molar-refractivity contribution in [2.24, 2.45) is 5.41 Å². The average molecular weight is 494 g/mol. The van der Waals surface area contributed by atoms with E-state index in [4.69, 9.17) is 4.98 Å². The zero-order valence-corrected chi connectivity index (χ0v) is 21.1. The summed E-state index contributed by atoms with van der Waals surface area (Å²) in [6.45, 7) is 8.88. The first kappa shape index (κ1) is 22.7. The molecule has 2 atom stereocenters. The van der Waals surface area contributed by atoms with Crippen LogP contribution >= 0.6 is 11.3 Å². The zero-order chi connectivity index (χ0) is 24.2. The van der Waals surface area contributed by atoms with E-state index in [-0.39, 0.29) is 30.0 Å². The number of thiazole rings is 1. The van der Waals surface area contributed by atoms with Crippen LogP contribution in [0.25, 0.3) is 10.2 Å². The molecule has 6 nitrogen and oxygen atoms in total. The molecular formula is C27H32FN5OS. The summed E-state index contributed by atoms with van der Waals surface area (Å²) in [7, 11) is 0. The normalized spacial score (nSPS) is 24.4. The van der Waals surface area contributed by atoms with Crippen LogP contribution in [-0.4, -0.2) is 65.1 Å². The second-order valence-electron chi connectivity index (χ2n) is 10.8. The van der Waals surface area contributed by atoms with Crippen LogP contribution in [0.4, 0.5) is 14.3 Å². The minimum Gasteiger partial charge on any atom is -0.342 e. The molecule has 1 aromatic heterocycles. The van der Waals surface area contributed by atoms with Crippen molar-refractivity contribution in [2.45, 2.75) is 51.4 Å². The molecule has 8 heteroatoms. The molecule has 2 saturated heterocycles. The van der Waals surface area contributed by atoms with Crippen LogP contribution in [-0.2, 0) is 6.54 Å². The van der Waals surface area contributed by atoms with Gasteiger partial charge < -0.3 is 15.1 Å². The quantitative estimate of drug-likeness (QED) is 0.572. The molecule has 2 aromatic carbocycles. The first-order valence-corrected chi connectivity index (χ1v) is 13.4. The Kier molecular flexibility index (Phi) is 5.68. The fourth-order valence-electron chi connectivity index (χ4n) is 6.14. The van der Waals surface area contributed by atoms with Gasteiger partial charge in [-0.25, -0.2) is 14.2 Å². The number of hydrogen-bond acceptors (Lipinski definition) is 5. The van der Waals surface area contributed by atoms with Gasteiger partial charge in [0.15, 0.2) is 5.13 Å². The third kappa shape index (κ3) is 4.38. The zero-order valence-electron chi connectivity index (χ0n) is 20.3. The summed E-state index contributed by atoms with van der Waals surface area (Å²) in [5.41, 5.74) is 2.59. The Balaban J connectivity index is 1.00. The topological polar surface area (TPSA) is 51.7 Å². The Labute approximate surface area is 209 Å². The minimum absolute atomic E-state index is 0.0516. The SMILES string of the molecule is C[C@@H]1CN(c2nc3ccc(F)cc3s2)[C@@H](C)CN1C(=O)NC1CC2(C1)CN(Cc1ccccc1)C2. The van der Waals surface area contributed by atoms with Gasteiger partial charge in [-0.3, -0.25) is 4.90 Å². The molecular weight excluding hydrogens is 461 g/mol. The number of aromatic nitrogens is 1. The molecule has 2 aliphatic heterocycles. The summed E-state index contributed by atoms with van der Waals surface area (Å²) in [6.07, 6.45) is 2.16. The number of anilines is 1. The van der Waals surface area contributed by atoms with Crippen LogP contribution in [0, 0.1) is 11.2 Å². The maximum Gasteiger partial charge on any atom is 0.317 e. The lowest BCUT2D eigenvalue weighted by molar-refractivity contribution is -0.0811. The van der Waals surface area contributed by atoms with Crippen molar-refractivity contribution in [3.63, 3.8) is 0 Å². The van der Waals surface area contributed by atoms with Gasteiger partial charge in [0.05, 0.1) is 10.2 Å². The standard InChI is InChI=1S/C27H32FN5OS/c1-18-14-33(26-30-23-9-8-21(28)10-24(23)35-26)19(2)13-32(18)25(34)29-22-11-27(12-22)16-31(17-27)15-20-6-4-3-5-7-20/h3-10,18-19,22H,11-17H2,1-2H3,(H,29,34)/t18-,19+/m1/s1. The number of amides is 2. The minimum atomic E-state index is -0.237. The van der Waals surface area contributed by atoms with Crippen molar-refractivity contribution in [1.82, 2.24) is 20.1 Å². The Hall–Kier alpha value is -2.71. The van der Waals surface area contributed by atoms with Crippen LogP contribution in [0.3, 0.4) is 0 Å². The molecule has 3 aliphatic rings. The van der Waals surface area contributed by atoms with Crippen molar-refractivity contribution < 1.29 is 9.18 Å². The molecule has 3 fully saturated rings. The van der Waals surface area contributed by atoms with Crippen LogP contribution in [0.1, 0.15) is 32.3 Å². The number of urea groups is 1. The van der Waals surface area contributed by atoms with E-state index in [0.29, 0.717) is 12.0 Å². The van der Waals surface area contributed by atoms with E-state index in [0.717, 1.165) is 54.4 Å². The molecule has 1 N–H and O–H groups in total. The van der Waals surface area contributed by atoms with Gasteiger partial charge in [-0.05, 0) is 55.9 Å². The number of rotatable bonds is 4. The van der Waals surface area contributed by atoms with E-state index in [1.165, 1.54) is 23.0 Å². The number of benzene rings is 2. The van der Waals surface area contributed by atoms with Gasteiger partial charge in [0.25, 0.3) is 0 Å². The molecule has 6 rings (SSSR count). The highest BCUT2D eigenvalue weighted by molar-refractivity contribution is 7.22. The third-order valence-electron chi connectivity index (χ3n) is 7.89. The van der Waals surface area contributed by atoms with E-state index in [9.17, 15) is 9.18 Å². The molecule has 2 amide bonds. The lowest BCUT2D eigenvalue weighted by Crippen LogP contribution is -2.68. The first-order chi connectivity index (χ1) is 16.9. The molecule has 0 unspecified atom stereocenters. The van der Waals surface area contributed by atoms with Crippen molar-refractivity contribution >= 4 is 32.7 Å². The van der Waals surface area contributed by atoms with Crippen molar-refractivity contribution in [1.29, 1.82) is 0 Å². The fraction of sp³-hybridized carbons (Fsp3) is 0.481. The summed E-state index contributed by atoms with van der Waals surface area (Å²) in [4.78, 5) is 24.6. The predicted molar refractivity (Wildman–Crippen MR) is 138 cm³/mol. The summed E-state index contributed by atoms with van der Waals surface area (Å²) in [6, 6.07) is 15.9. The monoisotopic (exact) mass is 493 g/mol. The van der Waals surface area contributed by atoms with Gasteiger partial charge in [-0.15, -0.1) is 0 Å². The summed E-state index contributed by atoms with van der Waals surface area (Å²) >= 11 is 1.52. The Morgan fingerprint density at radius 3 is 2.66 bits per heavy atom. The average Bonchev–Trinajstić information content (AvgIpc) is 3.21. The molecule has 1 saturated carbocycles. The van der Waals surface area contributed by atoms with Gasteiger partial charge >= 0.3 is 6.03 Å². The van der Waals surface area contributed by atoms with E-state index >= 15 is 0 Å².